The fourth-order valence-electron chi connectivity index (χ4n) is 9.86. The van der Waals surface area contributed by atoms with Crippen molar-refractivity contribution in [2.24, 2.45) is 45.8 Å². The Morgan fingerprint density at radius 3 is 2.40 bits per heavy atom. The van der Waals surface area contributed by atoms with E-state index in [1.54, 1.807) is 6.08 Å². The Hall–Kier alpha value is -1.76. The number of carbonyl (C=O) groups excluding carboxylic acids is 2. The van der Waals surface area contributed by atoms with Crippen LogP contribution in [0.3, 0.4) is 0 Å². The van der Waals surface area contributed by atoms with Gasteiger partial charge in [-0.2, -0.15) is 0 Å². The Balaban J connectivity index is 1.14. The monoisotopic (exact) mass is 604 g/mol. The molecule has 1 amide bonds. The number of cyclic esters (lactones) is 1. The second-order valence-corrected chi connectivity index (χ2v) is 14.6. The van der Waals surface area contributed by atoms with Crippen molar-refractivity contribution < 1.29 is 24.2 Å². The first-order valence-electron chi connectivity index (χ1n) is 16.7. The zero-order valence-electron chi connectivity index (χ0n) is 26.3. The SMILES string of the molecule is C[C@]12CC[C@](N)(OC(=O)NCCCNCCNCCCN)C[C@H]1CC[C@@H]1[C@]2(N)CC[C@]2(C)[C@@H](C3=CC(=O)OC3)CC[C@]12O. The molecule has 5 aliphatic rings. The van der Waals surface area contributed by atoms with Crippen LogP contribution in [-0.4, -0.2) is 79.9 Å². The minimum Gasteiger partial charge on any atom is -0.458 e. The summed E-state index contributed by atoms with van der Waals surface area (Å²) in [5.74, 6) is 0.0304. The van der Waals surface area contributed by atoms with Crippen molar-refractivity contribution in [1.29, 1.82) is 0 Å². The van der Waals surface area contributed by atoms with Gasteiger partial charge in [-0.05, 0) is 100 Å². The summed E-state index contributed by atoms with van der Waals surface area (Å²) in [5, 5.41) is 22.1. The molecule has 11 nitrogen and oxygen atoms in total. The van der Waals surface area contributed by atoms with Crippen molar-refractivity contribution in [2.45, 2.75) is 101 Å². The van der Waals surface area contributed by atoms with E-state index < -0.39 is 23.0 Å². The molecule has 0 saturated heterocycles. The molecule has 0 aromatic carbocycles. The van der Waals surface area contributed by atoms with Gasteiger partial charge in [0.15, 0.2) is 5.72 Å². The maximum Gasteiger partial charge on any atom is 0.408 e. The summed E-state index contributed by atoms with van der Waals surface area (Å²) in [6.07, 6.45) is 9.71. The zero-order valence-corrected chi connectivity index (χ0v) is 26.3. The maximum absolute atomic E-state index is 12.7. The van der Waals surface area contributed by atoms with E-state index in [4.69, 9.17) is 26.7 Å². The molecule has 1 heterocycles. The molecule has 0 spiro atoms. The van der Waals surface area contributed by atoms with E-state index in [0.717, 1.165) is 83.1 Å². The summed E-state index contributed by atoms with van der Waals surface area (Å²) >= 11 is 0. The molecule has 8 atom stereocenters. The number of nitrogens with one attached hydrogen (secondary N) is 3. The summed E-state index contributed by atoms with van der Waals surface area (Å²) < 4.78 is 11.1. The third-order valence-electron chi connectivity index (χ3n) is 12.5. The fraction of sp³-hybridized carbons (Fsp3) is 0.875. The van der Waals surface area contributed by atoms with Crippen LogP contribution in [0, 0.1) is 28.6 Å². The van der Waals surface area contributed by atoms with Crippen LogP contribution in [0.4, 0.5) is 4.79 Å². The molecule has 0 bridgehead atoms. The molecule has 244 valence electrons. The molecule has 0 aromatic rings. The molecule has 10 N–H and O–H groups in total. The lowest BCUT2D eigenvalue weighted by Gasteiger charge is -2.69. The molecule has 4 aliphatic carbocycles. The topological polar surface area (TPSA) is 187 Å². The van der Waals surface area contributed by atoms with Gasteiger partial charge in [0.25, 0.3) is 0 Å². The van der Waals surface area contributed by atoms with Gasteiger partial charge in [-0.25, -0.2) is 9.59 Å². The number of alkyl carbamates (subject to hydrolysis) is 1. The van der Waals surface area contributed by atoms with Gasteiger partial charge in [-0.3, -0.25) is 5.73 Å². The van der Waals surface area contributed by atoms with Crippen LogP contribution in [-0.2, 0) is 14.3 Å². The second kappa shape index (κ2) is 12.6. The summed E-state index contributed by atoms with van der Waals surface area (Å²) in [5.41, 5.74) is 17.7. The highest BCUT2D eigenvalue weighted by Crippen LogP contribution is 2.71. The van der Waals surface area contributed by atoms with Gasteiger partial charge in [0.05, 0.1) is 5.60 Å². The summed E-state index contributed by atoms with van der Waals surface area (Å²) in [6.45, 7) is 9.56. The Kier molecular flexibility index (Phi) is 9.53. The largest absolute Gasteiger partial charge is 0.458 e. The highest BCUT2D eigenvalue weighted by molar-refractivity contribution is 5.85. The lowest BCUT2D eigenvalue weighted by atomic mass is 9.39. The van der Waals surface area contributed by atoms with Crippen LogP contribution in [0.2, 0.25) is 0 Å². The van der Waals surface area contributed by atoms with Gasteiger partial charge in [-0.15, -0.1) is 0 Å². The molecule has 11 heteroatoms. The lowest BCUT2D eigenvalue weighted by Crippen LogP contribution is -2.75. The van der Waals surface area contributed by atoms with Gasteiger partial charge < -0.3 is 42.0 Å². The predicted molar refractivity (Wildman–Crippen MR) is 165 cm³/mol. The average molecular weight is 605 g/mol. The number of carbonyl (C=O) groups is 2. The third-order valence-corrected chi connectivity index (χ3v) is 12.5. The number of rotatable bonds is 12. The van der Waals surface area contributed by atoms with E-state index >= 15 is 0 Å². The molecule has 0 unspecified atom stereocenters. The average Bonchev–Trinajstić information content (AvgIpc) is 3.50. The Morgan fingerprint density at radius 2 is 1.70 bits per heavy atom. The van der Waals surface area contributed by atoms with Crippen molar-refractivity contribution in [1.82, 2.24) is 16.0 Å². The maximum atomic E-state index is 12.7. The summed E-state index contributed by atoms with van der Waals surface area (Å²) in [6, 6.07) is 0. The van der Waals surface area contributed by atoms with E-state index in [2.05, 4.69) is 29.8 Å². The van der Waals surface area contributed by atoms with Crippen LogP contribution in [0.25, 0.3) is 0 Å². The second-order valence-electron chi connectivity index (χ2n) is 14.6. The van der Waals surface area contributed by atoms with Gasteiger partial charge >= 0.3 is 12.1 Å². The summed E-state index contributed by atoms with van der Waals surface area (Å²) in [4.78, 5) is 24.6. The van der Waals surface area contributed by atoms with E-state index in [1.165, 1.54) is 0 Å². The van der Waals surface area contributed by atoms with E-state index in [9.17, 15) is 14.7 Å². The van der Waals surface area contributed by atoms with Gasteiger partial charge in [0.1, 0.15) is 6.61 Å². The normalized spacial score (nSPS) is 42.0. The van der Waals surface area contributed by atoms with Crippen molar-refractivity contribution in [3.05, 3.63) is 11.6 Å². The smallest absolute Gasteiger partial charge is 0.408 e. The highest BCUT2D eigenvalue weighted by atomic mass is 16.6. The molecule has 4 saturated carbocycles. The van der Waals surface area contributed by atoms with E-state index in [-0.39, 0.29) is 34.6 Å². The van der Waals surface area contributed by atoms with Crippen molar-refractivity contribution in [3.8, 4) is 0 Å². The number of nitrogens with two attached hydrogens (primary N) is 3. The van der Waals surface area contributed by atoms with Crippen LogP contribution >= 0.6 is 0 Å². The number of hydrogen-bond acceptors (Lipinski definition) is 10. The van der Waals surface area contributed by atoms with E-state index in [0.29, 0.717) is 39.0 Å². The number of hydrogen-bond donors (Lipinski definition) is 7. The Labute approximate surface area is 256 Å². The highest BCUT2D eigenvalue weighted by Gasteiger charge is 2.72. The van der Waals surface area contributed by atoms with Crippen molar-refractivity contribution in [3.63, 3.8) is 0 Å². The number of ether oxygens (including phenoxy) is 2. The first-order chi connectivity index (χ1) is 20.4. The van der Waals surface area contributed by atoms with Crippen molar-refractivity contribution in [2.75, 3.05) is 45.9 Å². The molecule has 0 radical (unpaired) electrons. The fourth-order valence-corrected chi connectivity index (χ4v) is 9.86. The quantitative estimate of drug-likeness (QED) is 0.0980. The van der Waals surface area contributed by atoms with Crippen LogP contribution in [0.5, 0.6) is 0 Å². The number of esters is 1. The first kappa shape index (κ1) is 32.6. The summed E-state index contributed by atoms with van der Waals surface area (Å²) in [7, 11) is 0. The number of aliphatic hydroxyl groups is 1. The molecule has 1 aliphatic heterocycles. The standard InChI is InChI=1S/C32H56N6O5/c1-28-9-11-30(34,43-27(40)38-16-4-15-37-18-17-36-14-3-13-33)20-23(28)5-6-25-31(28,35)12-10-29(2)24(7-8-32(25,29)41)22-19-26(39)42-21-22/h19,23-25,36-37,41H,3-18,20-21,33-35H2,1-2H3,(H,38,40)/t23-,24-,25-,28+,29-,30+,31-,32+/m1/s1. The minimum atomic E-state index is -1.02. The lowest BCUT2D eigenvalue weighted by molar-refractivity contribution is -0.224. The first-order valence-corrected chi connectivity index (χ1v) is 16.7. The molecule has 4 fully saturated rings. The van der Waals surface area contributed by atoms with Gasteiger partial charge in [0.2, 0.25) is 0 Å². The number of amides is 1. The molecule has 43 heavy (non-hydrogen) atoms. The molecular weight excluding hydrogens is 548 g/mol. The molecular formula is C32H56N6O5. The van der Waals surface area contributed by atoms with Gasteiger partial charge in [0, 0.05) is 55.4 Å². The van der Waals surface area contributed by atoms with Crippen LogP contribution in [0.1, 0.15) is 84.5 Å². The number of fused-ring (bicyclic) bond motifs is 5. The van der Waals surface area contributed by atoms with Crippen LogP contribution < -0.4 is 33.2 Å². The van der Waals surface area contributed by atoms with Gasteiger partial charge in [-0.1, -0.05) is 13.8 Å². The molecule has 5 rings (SSSR count). The minimum absolute atomic E-state index is 0.0338. The zero-order chi connectivity index (χ0) is 30.9. The predicted octanol–water partition coefficient (Wildman–Crippen LogP) is 1.62. The van der Waals surface area contributed by atoms with E-state index in [1.807, 2.05) is 0 Å². The Bertz CT molecular complexity index is 1070. The van der Waals surface area contributed by atoms with Crippen LogP contribution in [0.15, 0.2) is 11.6 Å². The third kappa shape index (κ3) is 5.86. The van der Waals surface area contributed by atoms with Crippen molar-refractivity contribution >= 4 is 12.1 Å². The molecule has 0 aromatic heterocycles. The Morgan fingerprint density at radius 1 is 0.977 bits per heavy atom.